The van der Waals surface area contributed by atoms with Crippen molar-refractivity contribution in [1.29, 1.82) is 0 Å². The zero-order chi connectivity index (χ0) is 60.5. The highest BCUT2D eigenvalue weighted by Crippen LogP contribution is 2.43. The van der Waals surface area contributed by atoms with Crippen LogP contribution in [0.15, 0.2) is 146 Å². The highest BCUT2D eigenvalue weighted by atomic mass is 31.2. The van der Waals surface area contributed by atoms with Gasteiger partial charge < -0.3 is 18.9 Å². The third-order valence-electron chi connectivity index (χ3n) is 13.6. The number of phosphoric acid groups is 1. The van der Waals surface area contributed by atoms with Gasteiger partial charge in [-0.3, -0.25) is 18.6 Å². The largest absolute Gasteiger partial charge is 0.472 e. The standard InChI is InChI=1S/C73H122NO8P/c1-6-8-10-12-14-16-18-20-22-24-26-27-28-29-30-31-32-33-34-35-36-37-38-39-40-41-42-43-44-45-46-47-48-50-52-54-56-58-60-62-64-66-73(76)82-71(70-81-83(77,78)80-68-67-74(3,4)5)69-79-72(75)65-63-61-59-57-55-53-51-49-25-23-21-19-17-15-13-11-9-7-2/h8,10,14,16-17,19-20,22-23,25-27,29-30,32-33,35-36,38-39,41-42,44-45,71H,6-7,9,11-13,15,18,21,24,28,31,34,37,40,43,46-70H2,1-5H3/p+1/b10-8-,16-14-,19-17-,22-20-,25-23-,27-26-,30-29-,33-32-,36-35-,39-38-,42-41-,45-44-. The molecule has 0 rings (SSSR count). The first-order valence-corrected chi connectivity index (χ1v) is 34.6. The SMILES string of the molecule is CC/C=C\C/C=C\C/C=C\C/C=C\C/C=C\C/C=C\C/C=C\C/C=C\C/C=C\C/C=C\CCCCCCCCCCCCC(=O)OC(COC(=O)CCCCCCCCC/C=C\C/C=C\CCCCCC)COP(=O)(O)OCC[N+](C)(C)C. The maximum absolute atomic E-state index is 12.8. The number of carbonyl (C=O) groups is 2. The summed E-state index contributed by atoms with van der Waals surface area (Å²) in [5.41, 5.74) is 0. The number of likely N-dealkylation sites (N-methyl/N-ethyl adjacent to an activating group) is 1. The smallest absolute Gasteiger partial charge is 0.462 e. The zero-order valence-corrected chi connectivity index (χ0v) is 54.5. The summed E-state index contributed by atoms with van der Waals surface area (Å²) < 4.78 is 34.6. The average Bonchev–Trinajstić information content (AvgIpc) is 3.48. The Labute approximate surface area is 510 Å². The molecule has 0 aliphatic rings. The maximum Gasteiger partial charge on any atom is 0.472 e. The molecule has 0 radical (unpaired) electrons. The van der Waals surface area contributed by atoms with Gasteiger partial charge in [-0.05, 0) is 122 Å². The Morgan fingerprint density at radius 1 is 0.386 bits per heavy atom. The number of ether oxygens (including phenoxy) is 2. The van der Waals surface area contributed by atoms with Crippen molar-refractivity contribution in [3.05, 3.63) is 146 Å². The number of rotatable bonds is 59. The summed E-state index contributed by atoms with van der Waals surface area (Å²) in [6, 6.07) is 0. The molecule has 10 heteroatoms. The average molecular weight is 1170 g/mol. The second-order valence-electron chi connectivity index (χ2n) is 22.8. The molecule has 0 fully saturated rings. The van der Waals surface area contributed by atoms with Gasteiger partial charge >= 0.3 is 19.8 Å². The molecule has 0 spiro atoms. The lowest BCUT2D eigenvalue weighted by Crippen LogP contribution is -2.37. The topological polar surface area (TPSA) is 108 Å². The molecule has 0 heterocycles. The lowest BCUT2D eigenvalue weighted by atomic mass is 10.0. The molecule has 0 saturated carbocycles. The van der Waals surface area contributed by atoms with E-state index in [-0.39, 0.29) is 32.0 Å². The summed E-state index contributed by atoms with van der Waals surface area (Å²) in [5.74, 6) is -0.817. The number of hydrogen-bond donors (Lipinski definition) is 1. The molecule has 0 aliphatic heterocycles. The van der Waals surface area contributed by atoms with E-state index < -0.39 is 26.5 Å². The quantitative estimate of drug-likeness (QED) is 0.0211. The first-order chi connectivity index (χ1) is 40.5. The van der Waals surface area contributed by atoms with Gasteiger partial charge in [-0.25, -0.2) is 4.57 Å². The van der Waals surface area contributed by atoms with Crippen LogP contribution in [0.25, 0.3) is 0 Å². The molecular formula is C73H123NO8P+. The van der Waals surface area contributed by atoms with Crippen LogP contribution in [0.4, 0.5) is 0 Å². The van der Waals surface area contributed by atoms with Gasteiger partial charge in [0.15, 0.2) is 6.10 Å². The Balaban J connectivity index is 4.10. The molecule has 0 aromatic rings. The van der Waals surface area contributed by atoms with Gasteiger partial charge in [0.25, 0.3) is 0 Å². The van der Waals surface area contributed by atoms with Crippen LogP contribution < -0.4 is 0 Å². The van der Waals surface area contributed by atoms with E-state index in [0.29, 0.717) is 17.4 Å². The molecule has 0 aromatic heterocycles. The van der Waals surface area contributed by atoms with Crippen LogP contribution in [0.5, 0.6) is 0 Å². The third-order valence-corrected chi connectivity index (χ3v) is 14.6. The number of phosphoric ester groups is 1. The summed E-state index contributed by atoms with van der Waals surface area (Å²) in [6.45, 7) is 4.28. The van der Waals surface area contributed by atoms with Gasteiger partial charge in [-0.2, -0.15) is 0 Å². The molecule has 0 aromatic carbocycles. The Bertz CT molecular complexity index is 1910. The second kappa shape index (κ2) is 62.4. The highest BCUT2D eigenvalue weighted by molar-refractivity contribution is 7.47. The predicted octanol–water partition coefficient (Wildman–Crippen LogP) is 21.4. The highest BCUT2D eigenvalue weighted by Gasteiger charge is 2.27. The monoisotopic (exact) mass is 1170 g/mol. The normalized spacial score (nSPS) is 14.1. The van der Waals surface area contributed by atoms with Crippen molar-refractivity contribution in [1.82, 2.24) is 0 Å². The van der Waals surface area contributed by atoms with Crippen molar-refractivity contribution in [2.24, 2.45) is 0 Å². The summed E-state index contributed by atoms with van der Waals surface area (Å²) in [5, 5.41) is 0. The van der Waals surface area contributed by atoms with Crippen molar-refractivity contribution >= 4 is 19.8 Å². The minimum atomic E-state index is -4.40. The van der Waals surface area contributed by atoms with Gasteiger partial charge in [0.05, 0.1) is 27.7 Å². The van der Waals surface area contributed by atoms with Crippen LogP contribution in [0, 0.1) is 0 Å². The first kappa shape index (κ1) is 78.9. The van der Waals surface area contributed by atoms with Crippen LogP contribution in [0.2, 0.25) is 0 Å². The van der Waals surface area contributed by atoms with Crippen molar-refractivity contribution in [2.75, 3.05) is 47.5 Å². The first-order valence-electron chi connectivity index (χ1n) is 33.1. The summed E-state index contributed by atoms with van der Waals surface area (Å²) >= 11 is 0. The molecule has 2 unspecified atom stereocenters. The second-order valence-corrected chi connectivity index (χ2v) is 24.2. The van der Waals surface area contributed by atoms with Crippen molar-refractivity contribution in [3.8, 4) is 0 Å². The molecule has 0 saturated heterocycles. The number of unbranched alkanes of at least 4 members (excludes halogenated alkanes) is 21. The number of esters is 2. The van der Waals surface area contributed by atoms with Crippen LogP contribution in [0.1, 0.15) is 251 Å². The van der Waals surface area contributed by atoms with Gasteiger partial charge in [0, 0.05) is 12.8 Å². The fourth-order valence-electron chi connectivity index (χ4n) is 8.54. The summed E-state index contributed by atoms with van der Waals surface area (Å²) in [6.07, 6.45) is 92.2. The molecule has 0 amide bonds. The van der Waals surface area contributed by atoms with Gasteiger partial charge in [-0.1, -0.05) is 262 Å². The number of quaternary nitrogens is 1. The number of hydrogen-bond acceptors (Lipinski definition) is 7. The van der Waals surface area contributed by atoms with E-state index >= 15 is 0 Å². The molecule has 0 aliphatic carbocycles. The summed E-state index contributed by atoms with van der Waals surface area (Å²) in [7, 11) is 1.45. The van der Waals surface area contributed by atoms with Crippen molar-refractivity contribution in [2.45, 2.75) is 258 Å². The molecule has 9 nitrogen and oxygen atoms in total. The lowest BCUT2D eigenvalue weighted by molar-refractivity contribution is -0.870. The van der Waals surface area contributed by atoms with E-state index in [0.717, 1.165) is 128 Å². The zero-order valence-electron chi connectivity index (χ0n) is 53.6. The predicted molar refractivity (Wildman–Crippen MR) is 357 cm³/mol. The van der Waals surface area contributed by atoms with E-state index in [1.165, 1.54) is 89.9 Å². The molecule has 472 valence electrons. The van der Waals surface area contributed by atoms with Crippen molar-refractivity contribution < 1.29 is 42.1 Å². The third kappa shape index (κ3) is 66.9. The molecular weight excluding hydrogens is 1050 g/mol. The van der Waals surface area contributed by atoms with E-state index in [4.69, 9.17) is 18.5 Å². The van der Waals surface area contributed by atoms with Crippen LogP contribution in [-0.2, 0) is 32.7 Å². The fourth-order valence-corrected chi connectivity index (χ4v) is 9.29. The summed E-state index contributed by atoms with van der Waals surface area (Å²) in [4.78, 5) is 35.8. The van der Waals surface area contributed by atoms with Gasteiger partial charge in [0.2, 0.25) is 0 Å². The Morgan fingerprint density at radius 3 is 1.02 bits per heavy atom. The Hall–Kier alpha value is -4.11. The fraction of sp³-hybridized carbons (Fsp3) is 0.644. The van der Waals surface area contributed by atoms with Crippen LogP contribution >= 0.6 is 7.82 Å². The minimum absolute atomic E-state index is 0.0230. The number of nitrogens with zero attached hydrogens (tertiary/aromatic N) is 1. The van der Waals surface area contributed by atoms with E-state index in [9.17, 15) is 19.0 Å². The minimum Gasteiger partial charge on any atom is -0.462 e. The Morgan fingerprint density at radius 2 is 0.687 bits per heavy atom. The maximum atomic E-state index is 12.8. The van der Waals surface area contributed by atoms with E-state index in [1.807, 2.05) is 21.1 Å². The molecule has 0 bridgehead atoms. The number of carbonyl (C=O) groups excluding carboxylic acids is 2. The van der Waals surface area contributed by atoms with Crippen molar-refractivity contribution in [3.63, 3.8) is 0 Å². The Kier molecular flexibility index (Phi) is 59.3. The van der Waals surface area contributed by atoms with Crippen LogP contribution in [-0.4, -0.2) is 74.9 Å². The van der Waals surface area contributed by atoms with Gasteiger partial charge in [-0.15, -0.1) is 0 Å². The van der Waals surface area contributed by atoms with E-state index in [2.05, 4.69) is 160 Å². The number of allylic oxidation sites excluding steroid dienone is 24. The van der Waals surface area contributed by atoms with E-state index in [1.54, 1.807) is 0 Å². The molecule has 83 heavy (non-hydrogen) atoms. The van der Waals surface area contributed by atoms with Gasteiger partial charge in [0.1, 0.15) is 19.8 Å². The molecule has 2 atom stereocenters. The lowest BCUT2D eigenvalue weighted by Gasteiger charge is -2.24. The molecule has 1 N–H and O–H groups in total. The van der Waals surface area contributed by atoms with Crippen LogP contribution in [0.3, 0.4) is 0 Å².